The first kappa shape index (κ1) is 17.6. The number of aliphatic hydroxyl groups excluding tert-OH is 1. The van der Waals surface area contributed by atoms with Gasteiger partial charge < -0.3 is 14.7 Å². The molecule has 1 atom stereocenters. The molecule has 0 radical (unpaired) electrons. The highest BCUT2D eigenvalue weighted by molar-refractivity contribution is 5.40. The van der Waals surface area contributed by atoms with Crippen molar-refractivity contribution in [1.82, 2.24) is 14.9 Å². The van der Waals surface area contributed by atoms with Gasteiger partial charge in [-0.05, 0) is 31.5 Å². The number of aryl methyl sites for hydroxylation is 2. The van der Waals surface area contributed by atoms with Crippen LogP contribution in [0.4, 0.5) is 5.82 Å². The Morgan fingerprint density at radius 3 is 2.56 bits per heavy atom. The van der Waals surface area contributed by atoms with Crippen LogP contribution in [0.3, 0.4) is 0 Å². The Bertz CT molecular complexity index is 694. The molecule has 3 rings (SSSR count). The largest absolute Gasteiger partial charge is 0.497 e. The summed E-state index contributed by atoms with van der Waals surface area (Å²) >= 11 is 0. The van der Waals surface area contributed by atoms with Crippen LogP contribution in [0.2, 0.25) is 0 Å². The lowest BCUT2D eigenvalue weighted by Crippen LogP contribution is -2.47. The van der Waals surface area contributed by atoms with E-state index >= 15 is 0 Å². The molecule has 0 spiro atoms. The number of hydrogen-bond acceptors (Lipinski definition) is 6. The monoisotopic (exact) mass is 342 g/mol. The quantitative estimate of drug-likeness (QED) is 0.896. The zero-order chi connectivity index (χ0) is 17.8. The van der Waals surface area contributed by atoms with E-state index in [0.717, 1.165) is 54.8 Å². The summed E-state index contributed by atoms with van der Waals surface area (Å²) < 4.78 is 5.23. The highest BCUT2D eigenvalue weighted by Gasteiger charge is 2.21. The predicted octanol–water partition coefficient (Wildman–Crippen LogP) is 1.96. The minimum atomic E-state index is -0.509. The highest BCUT2D eigenvalue weighted by atomic mass is 16.5. The minimum Gasteiger partial charge on any atom is -0.497 e. The highest BCUT2D eigenvalue weighted by Crippen LogP contribution is 2.21. The SMILES string of the molecule is COc1cccc(C(O)CN2CCN(c3cc(C)nc(C)n3)CC2)c1. The van der Waals surface area contributed by atoms with E-state index in [4.69, 9.17) is 4.74 Å². The van der Waals surface area contributed by atoms with Gasteiger partial charge in [-0.15, -0.1) is 0 Å². The van der Waals surface area contributed by atoms with E-state index in [2.05, 4.69) is 19.8 Å². The number of aromatic nitrogens is 2. The molecule has 1 saturated heterocycles. The average Bonchev–Trinajstić information content (AvgIpc) is 2.61. The van der Waals surface area contributed by atoms with Gasteiger partial charge in [0.05, 0.1) is 13.2 Å². The van der Waals surface area contributed by atoms with Crippen LogP contribution in [0.15, 0.2) is 30.3 Å². The van der Waals surface area contributed by atoms with E-state index in [1.54, 1.807) is 7.11 Å². The summed E-state index contributed by atoms with van der Waals surface area (Å²) in [6, 6.07) is 9.67. The Balaban J connectivity index is 1.57. The molecule has 1 aliphatic rings. The number of benzene rings is 1. The maximum Gasteiger partial charge on any atom is 0.132 e. The third-order valence-electron chi connectivity index (χ3n) is 4.56. The summed E-state index contributed by atoms with van der Waals surface area (Å²) in [7, 11) is 1.64. The number of β-amino-alcohol motifs (C(OH)–C–C–N with tert-alkyl or cyclic N) is 1. The summed E-state index contributed by atoms with van der Waals surface area (Å²) in [5, 5.41) is 10.5. The molecule has 0 bridgehead atoms. The van der Waals surface area contributed by atoms with E-state index < -0.39 is 6.10 Å². The lowest BCUT2D eigenvalue weighted by atomic mass is 10.1. The van der Waals surface area contributed by atoms with Gasteiger partial charge in [-0.25, -0.2) is 9.97 Å². The fourth-order valence-corrected chi connectivity index (χ4v) is 3.22. The number of rotatable bonds is 5. The van der Waals surface area contributed by atoms with Crippen molar-refractivity contribution in [2.75, 3.05) is 44.7 Å². The lowest BCUT2D eigenvalue weighted by molar-refractivity contribution is 0.109. The van der Waals surface area contributed by atoms with Crippen molar-refractivity contribution < 1.29 is 9.84 Å². The number of anilines is 1. The molecule has 134 valence electrons. The summed E-state index contributed by atoms with van der Waals surface area (Å²) in [5.41, 5.74) is 1.89. The Kier molecular flexibility index (Phi) is 5.50. The molecule has 0 saturated carbocycles. The van der Waals surface area contributed by atoms with Crippen LogP contribution in [0.25, 0.3) is 0 Å². The average molecular weight is 342 g/mol. The molecule has 1 N–H and O–H groups in total. The Morgan fingerprint density at radius 1 is 1.12 bits per heavy atom. The number of methoxy groups -OCH3 is 1. The first-order valence-corrected chi connectivity index (χ1v) is 8.67. The minimum absolute atomic E-state index is 0.509. The van der Waals surface area contributed by atoms with Crippen molar-refractivity contribution in [1.29, 1.82) is 0 Å². The van der Waals surface area contributed by atoms with Crippen LogP contribution in [-0.2, 0) is 0 Å². The Hall–Kier alpha value is -2.18. The first-order chi connectivity index (χ1) is 12.0. The van der Waals surface area contributed by atoms with Crippen molar-refractivity contribution in [3.8, 4) is 5.75 Å². The molecule has 6 nitrogen and oxygen atoms in total. The van der Waals surface area contributed by atoms with Gasteiger partial charge in [-0.2, -0.15) is 0 Å². The number of ether oxygens (including phenoxy) is 1. The fourth-order valence-electron chi connectivity index (χ4n) is 3.22. The van der Waals surface area contributed by atoms with E-state index in [9.17, 15) is 5.11 Å². The van der Waals surface area contributed by atoms with E-state index in [1.165, 1.54) is 0 Å². The molecule has 2 heterocycles. The smallest absolute Gasteiger partial charge is 0.132 e. The van der Waals surface area contributed by atoms with Gasteiger partial charge >= 0.3 is 0 Å². The topological polar surface area (TPSA) is 61.7 Å². The van der Waals surface area contributed by atoms with Gasteiger partial charge in [0, 0.05) is 44.5 Å². The van der Waals surface area contributed by atoms with Gasteiger partial charge in [-0.3, -0.25) is 4.90 Å². The van der Waals surface area contributed by atoms with Crippen LogP contribution in [0.1, 0.15) is 23.2 Å². The van der Waals surface area contributed by atoms with Crippen molar-refractivity contribution >= 4 is 5.82 Å². The first-order valence-electron chi connectivity index (χ1n) is 8.67. The molecule has 25 heavy (non-hydrogen) atoms. The Labute approximate surface area is 149 Å². The van der Waals surface area contributed by atoms with Crippen LogP contribution in [0.5, 0.6) is 5.75 Å². The van der Waals surface area contributed by atoms with Crippen LogP contribution in [-0.4, -0.2) is 59.8 Å². The van der Waals surface area contributed by atoms with Gasteiger partial charge in [0.25, 0.3) is 0 Å². The zero-order valence-electron chi connectivity index (χ0n) is 15.1. The normalized spacial score (nSPS) is 16.7. The molecule has 1 unspecified atom stereocenters. The summed E-state index contributed by atoms with van der Waals surface area (Å²) in [4.78, 5) is 13.5. The molecular weight excluding hydrogens is 316 g/mol. The van der Waals surface area contributed by atoms with Gasteiger partial charge in [0.15, 0.2) is 0 Å². The number of piperazine rings is 1. The van der Waals surface area contributed by atoms with E-state index in [1.807, 2.05) is 44.2 Å². The molecule has 6 heteroatoms. The predicted molar refractivity (Wildman–Crippen MR) is 98.1 cm³/mol. The van der Waals surface area contributed by atoms with Crippen molar-refractivity contribution in [2.45, 2.75) is 20.0 Å². The number of nitrogens with zero attached hydrogens (tertiary/aromatic N) is 4. The van der Waals surface area contributed by atoms with Crippen molar-refractivity contribution in [2.24, 2.45) is 0 Å². The number of hydrogen-bond donors (Lipinski definition) is 1. The maximum atomic E-state index is 10.5. The summed E-state index contributed by atoms with van der Waals surface area (Å²) in [5.74, 6) is 2.58. The second-order valence-electron chi connectivity index (χ2n) is 6.49. The molecule has 1 aliphatic heterocycles. The summed E-state index contributed by atoms with van der Waals surface area (Å²) in [6.07, 6.45) is -0.509. The van der Waals surface area contributed by atoms with Gasteiger partial charge in [0.1, 0.15) is 17.4 Å². The second-order valence-corrected chi connectivity index (χ2v) is 6.49. The maximum absolute atomic E-state index is 10.5. The van der Waals surface area contributed by atoms with Crippen molar-refractivity contribution in [3.05, 3.63) is 47.4 Å². The molecule has 0 aliphatic carbocycles. The molecule has 1 fully saturated rings. The van der Waals surface area contributed by atoms with Crippen molar-refractivity contribution in [3.63, 3.8) is 0 Å². The molecule has 0 amide bonds. The molecular formula is C19H26N4O2. The van der Waals surface area contributed by atoms with Crippen LogP contribution in [0, 0.1) is 13.8 Å². The third-order valence-corrected chi connectivity index (χ3v) is 4.56. The van der Waals surface area contributed by atoms with Gasteiger partial charge in [-0.1, -0.05) is 12.1 Å². The fraction of sp³-hybridized carbons (Fsp3) is 0.474. The zero-order valence-corrected chi connectivity index (χ0v) is 15.1. The van der Waals surface area contributed by atoms with Crippen LogP contribution < -0.4 is 9.64 Å². The number of aliphatic hydroxyl groups is 1. The second kappa shape index (κ2) is 7.80. The third kappa shape index (κ3) is 4.46. The molecule has 1 aromatic heterocycles. The lowest BCUT2D eigenvalue weighted by Gasteiger charge is -2.36. The summed E-state index contributed by atoms with van der Waals surface area (Å²) in [6.45, 7) is 8.17. The Morgan fingerprint density at radius 2 is 1.88 bits per heavy atom. The standard InChI is InChI=1S/C19H26N4O2/c1-14-11-19(21-15(2)20-14)23-9-7-22(8-10-23)13-18(24)16-5-4-6-17(12-16)25-3/h4-6,11-12,18,24H,7-10,13H2,1-3H3. The molecule has 2 aromatic rings. The van der Waals surface area contributed by atoms with E-state index in [0.29, 0.717) is 6.54 Å². The molecule has 1 aromatic carbocycles. The van der Waals surface area contributed by atoms with Crippen LogP contribution >= 0.6 is 0 Å². The van der Waals surface area contributed by atoms with E-state index in [-0.39, 0.29) is 0 Å². The van der Waals surface area contributed by atoms with Gasteiger partial charge in [0.2, 0.25) is 0 Å².